The van der Waals surface area contributed by atoms with E-state index in [1.807, 2.05) is 11.8 Å². The zero-order chi connectivity index (χ0) is 7.11. The van der Waals surface area contributed by atoms with Crippen LogP contribution in [0.25, 0.3) is 0 Å². The van der Waals surface area contributed by atoms with Gasteiger partial charge in [-0.05, 0) is 5.70 Å². The van der Waals surface area contributed by atoms with E-state index >= 15 is 0 Å². The summed E-state index contributed by atoms with van der Waals surface area (Å²) in [6.45, 7) is 0. The fourth-order valence-corrected chi connectivity index (χ4v) is 1.56. The van der Waals surface area contributed by atoms with Gasteiger partial charge >= 0.3 is 9.28 Å². The highest BCUT2D eigenvalue weighted by Crippen LogP contribution is 1.87. The van der Waals surface area contributed by atoms with Crippen LogP contribution in [0.1, 0.15) is 0 Å². The third-order valence-corrected chi connectivity index (χ3v) is 2.54. The fraction of sp³-hybridized carbons (Fsp3) is 0.600. The first-order valence-corrected chi connectivity index (χ1v) is 4.77. The van der Waals surface area contributed by atoms with E-state index in [2.05, 4.69) is 0 Å². The molecule has 0 fully saturated rings. The summed E-state index contributed by atoms with van der Waals surface area (Å²) in [6.07, 6.45) is 1.84. The van der Waals surface area contributed by atoms with E-state index in [4.69, 9.17) is 20.5 Å². The zero-order valence-corrected chi connectivity index (χ0v) is 7.54. The van der Waals surface area contributed by atoms with Crippen molar-refractivity contribution in [3.05, 3.63) is 11.8 Å². The van der Waals surface area contributed by atoms with Crippen LogP contribution in [0.5, 0.6) is 0 Å². The van der Waals surface area contributed by atoms with Crippen molar-refractivity contribution in [3.8, 4) is 0 Å². The SMILES string of the molecule is CO[SiH](C=CCCl)OC. The predicted molar refractivity (Wildman–Crippen MR) is 41.0 cm³/mol. The molecule has 0 aromatic carbocycles. The first-order valence-electron chi connectivity index (χ1n) is 2.63. The van der Waals surface area contributed by atoms with Gasteiger partial charge in [0.25, 0.3) is 0 Å². The Morgan fingerprint density at radius 1 is 1.44 bits per heavy atom. The third-order valence-electron chi connectivity index (χ3n) is 0.847. The van der Waals surface area contributed by atoms with Crippen molar-refractivity contribution in [1.29, 1.82) is 0 Å². The minimum Gasteiger partial charge on any atom is -0.397 e. The summed E-state index contributed by atoms with van der Waals surface area (Å²) in [5.74, 6) is 0.524. The summed E-state index contributed by atoms with van der Waals surface area (Å²) >= 11 is 5.38. The Kier molecular flexibility index (Phi) is 6.41. The lowest BCUT2D eigenvalue weighted by Gasteiger charge is -2.03. The van der Waals surface area contributed by atoms with Crippen LogP contribution in [-0.2, 0) is 8.85 Å². The molecule has 9 heavy (non-hydrogen) atoms. The topological polar surface area (TPSA) is 18.5 Å². The monoisotopic (exact) mass is 166 g/mol. The van der Waals surface area contributed by atoms with Gasteiger partial charge in [0.2, 0.25) is 0 Å². The van der Waals surface area contributed by atoms with Crippen LogP contribution >= 0.6 is 11.6 Å². The van der Waals surface area contributed by atoms with Crippen LogP contribution in [0.15, 0.2) is 11.8 Å². The van der Waals surface area contributed by atoms with Crippen LogP contribution in [0.3, 0.4) is 0 Å². The number of hydrogen-bond donors (Lipinski definition) is 0. The lowest BCUT2D eigenvalue weighted by atomic mass is 10.8. The van der Waals surface area contributed by atoms with Gasteiger partial charge in [0, 0.05) is 20.1 Å². The molecule has 0 radical (unpaired) electrons. The quantitative estimate of drug-likeness (QED) is 0.455. The number of alkyl halides is 1. The minimum absolute atomic E-state index is 0.524. The standard InChI is InChI=1S/C5H11ClO2Si/c1-7-9(8-2)5-3-4-6/h3,5,9H,4H2,1-2H3. The van der Waals surface area contributed by atoms with Gasteiger partial charge in [-0.15, -0.1) is 11.6 Å². The fourth-order valence-electron chi connectivity index (χ4n) is 0.416. The maximum Gasteiger partial charge on any atom is 0.347 e. The van der Waals surface area contributed by atoms with Crippen molar-refractivity contribution < 1.29 is 8.85 Å². The summed E-state index contributed by atoms with van der Waals surface area (Å²) in [7, 11) is 1.80. The smallest absolute Gasteiger partial charge is 0.347 e. The Hall–Kier alpha value is 0.167. The summed E-state index contributed by atoms with van der Waals surface area (Å²) in [6, 6.07) is 0. The Labute approximate surface area is 62.3 Å². The molecule has 54 valence electrons. The molecule has 0 heterocycles. The van der Waals surface area contributed by atoms with Gasteiger partial charge < -0.3 is 8.85 Å². The molecule has 0 aromatic rings. The van der Waals surface area contributed by atoms with Gasteiger partial charge in [-0.25, -0.2) is 0 Å². The van der Waals surface area contributed by atoms with Crippen molar-refractivity contribution in [2.45, 2.75) is 0 Å². The molecule has 0 saturated carbocycles. The van der Waals surface area contributed by atoms with Crippen molar-refractivity contribution >= 4 is 20.9 Å². The van der Waals surface area contributed by atoms with Crippen molar-refractivity contribution in [3.63, 3.8) is 0 Å². The van der Waals surface area contributed by atoms with Crippen LogP contribution in [0, 0.1) is 0 Å². The van der Waals surface area contributed by atoms with E-state index < -0.39 is 9.28 Å². The third kappa shape index (κ3) is 4.66. The average Bonchev–Trinajstić information content (AvgIpc) is 1.91. The second-order valence-corrected chi connectivity index (χ2v) is 3.80. The van der Waals surface area contributed by atoms with E-state index in [0.717, 1.165) is 0 Å². The number of rotatable bonds is 4. The molecule has 0 aliphatic rings. The lowest BCUT2D eigenvalue weighted by Crippen LogP contribution is -2.15. The second-order valence-electron chi connectivity index (χ2n) is 1.42. The number of halogens is 1. The molecule has 0 rings (SSSR count). The Balaban J connectivity index is 3.41. The molecule has 0 amide bonds. The van der Waals surface area contributed by atoms with Crippen molar-refractivity contribution in [2.24, 2.45) is 0 Å². The number of allylic oxidation sites excluding steroid dienone is 1. The van der Waals surface area contributed by atoms with Crippen LogP contribution in [0.4, 0.5) is 0 Å². The zero-order valence-electron chi connectivity index (χ0n) is 5.63. The maximum atomic E-state index is 5.38. The molecule has 4 heteroatoms. The van der Waals surface area contributed by atoms with E-state index in [0.29, 0.717) is 5.88 Å². The first-order chi connectivity index (χ1) is 4.35. The molecule has 0 aliphatic heterocycles. The Morgan fingerprint density at radius 2 is 2.00 bits per heavy atom. The van der Waals surface area contributed by atoms with E-state index in [-0.39, 0.29) is 0 Å². The van der Waals surface area contributed by atoms with Crippen LogP contribution in [0.2, 0.25) is 0 Å². The predicted octanol–water partition coefficient (Wildman–Crippen LogP) is 0.834. The van der Waals surface area contributed by atoms with Crippen molar-refractivity contribution in [1.82, 2.24) is 0 Å². The normalized spacial score (nSPS) is 11.6. The van der Waals surface area contributed by atoms with E-state index in [1.165, 1.54) is 0 Å². The summed E-state index contributed by atoms with van der Waals surface area (Å²) in [5.41, 5.74) is 1.90. The highest BCUT2D eigenvalue weighted by molar-refractivity contribution is 6.50. The van der Waals surface area contributed by atoms with Gasteiger partial charge in [0.15, 0.2) is 0 Å². The molecule has 0 saturated heterocycles. The second kappa shape index (κ2) is 6.29. The summed E-state index contributed by atoms with van der Waals surface area (Å²) in [5, 5.41) is 0. The molecule has 0 unspecified atom stereocenters. The molecule has 0 aromatic heterocycles. The Bertz CT molecular complexity index is 83.0. The first kappa shape index (κ1) is 9.17. The highest BCUT2D eigenvalue weighted by Gasteiger charge is 2.00. The van der Waals surface area contributed by atoms with Crippen molar-refractivity contribution in [2.75, 3.05) is 20.1 Å². The summed E-state index contributed by atoms with van der Waals surface area (Å²) in [4.78, 5) is 0. The Morgan fingerprint density at radius 3 is 2.33 bits per heavy atom. The molecule has 0 aliphatic carbocycles. The van der Waals surface area contributed by atoms with Gasteiger partial charge in [0.1, 0.15) is 0 Å². The van der Waals surface area contributed by atoms with Crippen LogP contribution < -0.4 is 0 Å². The molecule has 0 N–H and O–H groups in total. The van der Waals surface area contributed by atoms with Gasteiger partial charge in [0.05, 0.1) is 0 Å². The van der Waals surface area contributed by atoms with Gasteiger partial charge in [-0.1, -0.05) is 6.08 Å². The highest BCUT2D eigenvalue weighted by atomic mass is 35.5. The molecule has 0 spiro atoms. The molecule has 0 bridgehead atoms. The molecule has 2 nitrogen and oxygen atoms in total. The maximum absolute atomic E-state index is 5.38. The largest absolute Gasteiger partial charge is 0.397 e. The van der Waals surface area contributed by atoms with Gasteiger partial charge in [-0.3, -0.25) is 0 Å². The van der Waals surface area contributed by atoms with E-state index in [1.54, 1.807) is 14.2 Å². The summed E-state index contributed by atoms with van der Waals surface area (Å²) < 4.78 is 9.95. The lowest BCUT2D eigenvalue weighted by molar-refractivity contribution is 0.290. The van der Waals surface area contributed by atoms with E-state index in [9.17, 15) is 0 Å². The van der Waals surface area contributed by atoms with Gasteiger partial charge in [-0.2, -0.15) is 0 Å². The molecule has 0 atom stereocenters. The number of hydrogen-bond acceptors (Lipinski definition) is 2. The van der Waals surface area contributed by atoms with Crippen LogP contribution in [-0.4, -0.2) is 29.4 Å². The average molecular weight is 167 g/mol. The molecular formula is C5H11ClO2Si. The molecular weight excluding hydrogens is 156 g/mol. The minimum atomic E-state index is -1.47.